The summed E-state index contributed by atoms with van der Waals surface area (Å²) >= 11 is 0. The molecule has 3 nitrogen and oxygen atoms in total. The van der Waals surface area contributed by atoms with Crippen LogP contribution in [0.1, 0.15) is 83.7 Å². The summed E-state index contributed by atoms with van der Waals surface area (Å²) in [6, 6.07) is 1.95. The Balaban J connectivity index is 1.97. The molecule has 1 saturated carbocycles. The first-order chi connectivity index (χ1) is 10.6. The minimum absolute atomic E-state index is 0.139. The van der Waals surface area contributed by atoms with Gasteiger partial charge < -0.3 is 5.32 Å². The highest BCUT2D eigenvalue weighted by Gasteiger charge is 2.25. The molecule has 2 unspecified atom stereocenters. The first kappa shape index (κ1) is 17.2. The molecule has 1 N–H and O–H groups in total. The van der Waals surface area contributed by atoms with E-state index in [1.807, 2.05) is 19.2 Å². The van der Waals surface area contributed by atoms with Gasteiger partial charge in [0.1, 0.15) is 0 Å². The zero-order chi connectivity index (χ0) is 15.8. The molecule has 0 bridgehead atoms. The lowest BCUT2D eigenvalue weighted by Gasteiger charge is -2.31. The van der Waals surface area contributed by atoms with Crippen LogP contribution in [0.2, 0.25) is 0 Å². The zero-order valence-corrected chi connectivity index (χ0v) is 14.7. The minimum atomic E-state index is 0.139. The summed E-state index contributed by atoms with van der Waals surface area (Å²) in [5.74, 6) is 1.75. The Morgan fingerprint density at radius 3 is 2.50 bits per heavy atom. The zero-order valence-electron chi connectivity index (χ0n) is 14.7. The fourth-order valence-corrected chi connectivity index (χ4v) is 3.65. The van der Waals surface area contributed by atoms with Gasteiger partial charge in [0.05, 0.1) is 0 Å². The third-order valence-corrected chi connectivity index (χ3v) is 5.22. The van der Waals surface area contributed by atoms with Gasteiger partial charge >= 0.3 is 0 Å². The van der Waals surface area contributed by atoms with Crippen molar-refractivity contribution in [3.05, 3.63) is 18.0 Å². The standard InChI is InChI=1S/C19H33N3/c1-4-17-10-6-5-8-13-19(3,14-9-7-11-17)22-18-20-15-12-16(2)21-18/h12,15,17H,4-11,13-14H2,1-3H3,(H,20,21,22). The van der Waals surface area contributed by atoms with Gasteiger partial charge in [0, 0.05) is 17.4 Å². The molecule has 1 heterocycles. The van der Waals surface area contributed by atoms with Crippen LogP contribution < -0.4 is 5.32 Å². The summed E-state index contributed by atoms with van der Waals surface area (Å²) in [5.41, 5.74) is 1.17. The number of anilines is 1. The van der Waals surface area contributed by atoms with Gasteiger partial charge in [-0.2, -0.15) is 0 Å². The predicted octanol–water partition coefficient (Wildman–Crippen LogP) is 5.51. The van der Waals surface area contributed by atoms with Crippen molar-refractivity contribution in [3.8, 4) is 0 Å². The average Bonchev–Trinajstić information content (AvgIpc) is 2.52. The Kier molecular flexibility index (Phi) is 6.66. The Bertz CT molecular complexity index is 446. The summed E-state index contributed by atoms with van der Waals surface area (Å²) in [7, 11) is 0. The van der Waals surface area contributed by atoms with Crippen molar-refractivity contribution in [1.82, 2.24) is 9.97 Å². The smallest absolute Gasteiger partial charge is 0.223 e. The Morgan fingerprint density at radius 1 is 1.14 bits per heavy atom. The van der Waals surface area contributed by atoms with Gasteiger partial charge in [-0.3, -0.25) is 0 Å². The van der Waals surface area contributed by atoms with E-state index in [4.69, 9.17) is 0 Å². The number of nitrogens with one attached hydrogen (secondary N) is 1. The molecular weight excluding hydrogens is 270 g/mol. The Hall–Kier alpha value is -1.12. The molecular formula is C19H33N3. The molecule has 1 fully saturated rings. The molecule has 124 valence electrons. The van der Waals surface area contributed by atoms with E-state index >= 15 is 0 Å². The van der Waals surface area contributed by atoms with Crippen LogP contribution in [0, 0.1) is 12.8 Å². The van der Waals surface area contributed by atoms with Gasteiger partial charge in [-0.25, -0.2) is 9.97 Å². The monoisotopic (exact) mass is 303 g/mol. The fraction of sp³-hybridized carbons (Fsp3) is 0.789. The van der Waals surface area contributed by atoms with E-state index in [2.05, 4.69) is 29.1 Å². The van der Waals surface area contributed by atoms with Crippen LogP contribution in [0.15, 0.2) is 12.3 Å². The van der Waals surface area contributed by atoms with E-state index in [1.54, 1.807) is 0 Å². The van der Waals surface area contributed by atoms with Gasteiger partial charge in [-0.15, -0.1) is 0 Å². The highest BCUT2D eigenvalue weighted by Crippen LogP contribution is 2.29. The molecule has 22 heavy (non-hydrogen) atoms. The predicted molar refractivity (Wildman–Crippen MR) is 94.1 cm³/mol. The van der Waals surface area contributed by atoms with Gasteiger partial charge in [0.2, 0.25) is 5.95 Å². The highest BCUT2D eigenvalue weighted by molar-refractivity contribution is 5.29. The molecule has 0 aromatic carbocycles. The van der Waals surface area contributed by atoms with Crippen molar-refractivity contribution in [2.24, 2.45) is 5.92 Å². The average molecular weight is 303 g/mol. The molecule has 0 spiro atoms. The molecule has 0 radical (unpaired) electrons. The van der Waals surface area contributed by atoms with Crippen LogP contribution in [-0.2, 0) is 0 Å². The molecule has 1 aromatic heterocycles. The maximum absolute atomic E-state index is 4.53. The van der Waals surface area contributed by atoms with Gasteiger partial charge in [-0.05, 0) is 38.7 Å². The lowest BCUT2D eigenvalue weighted by atomic mass is 9.88. The number of rotatable bonds is 3. The van der Waals surface area contributed by atoms with Crippen LogP contribution in [-0.4, -0.2) is 15.5 Å². The van der Waals surface area contributed by atoms with Gasteiger partial charge in [0.25, 0.3) is 0 Å². The van der Waals surface area contributed by atoms with Crippen LogP contribution >= 0.6 is 0 Å². The third-order valence-electron chi connectivity index (χ3n) is 5.22. The van der Waals surface area contributed by atoms with Crippen LogP contribution in [0.4, 0.5) is 5.95 Å². The topological polar surface area (TPSA) is 37.8 Å². The molecule has 0 amide bonds. The summed E-state index contributed by atoms with van der Waals surface area (Å²) in [6.07, 6.45) is 15.2. The molecule has 1 aliphatic carbocycles. The quantitative estimate of drug-likeness (QED) is 0.800. The lowest BCUT2D eigenvalue weighted by Crippen LogP contribution is -2.35. The van der Waals surface area contributed by atoms with E-state index in [0.717, 1.165) is 17.6 Å². The van der Waals surface area contributed by atoms with Gasteiger partial charge in [0.15, 0.2) is 0 Å². The molecule has 0 aliphatic heterocycles. The summed E-state index contributed by atoms with van der Waals surface area (Å²) in [5, 5.41) is 3.64. The summed E-state index contributed by atoms with van der Waals surface area (Å²) < 4.78 is 0. The van der Waals surface area contributed by atoms with E-state index in [0.29, 0.717) is 0 Å². The van der Waals surface area contributed by atoms with Gasteiger partial charge in [-0.1, -0.05) is 58.3 Å². The van der Waals surface area contributed by atoms with E-state index in [-0.39, 0.29) is 5.54 Å². The van der Waals surface area contributed by atoms with Crippen LogP contribution in [0.25, 0.3) is 0 Å². The minimum Gasteiger partial charge on any atom is -0.349 e. The first-order valence-corrected chi connectivity index (χ1v) is 9.19. The number of hydrogen-bond donors (Lipinski definition) is 1. The van der Waals surface area contributed by atoms with E-state index in [9.17, 15) is 0 Å². The van der Waals surface area contributed by atoms with Crippen molar-refractivity contribution in [2.45, 2.75) is 90.5 Å². The molecule has 2 atom stereocenters. The molecule has 3 heteroatoms. The van der Waals surface area contributed by atoms with Crippen molar-refractivity contribution in [2.75, 3.05) is 5.32 Å². The van der Waals surface area contributed by atoms with Crippen molar-refractivity contribution >= 4 is 5.95 Å². The van der Waals surface area contributed by atoms with Crippen LogP contribution in [0.3, 0.4) is 0 Å². The summed E-state index contributed by atoms with van der Waals surface area (Å²) in [6.45, 7) is 6.73. The molecule has 2 rings (SSSR count). The molecule has 1 aromatic rings. The number of hydrogen-bond acceptors (Lipinski definition) is 3. The molecule has 0 saturated heterocycles. The highest BCUT2D eigenvalue weighted by atomic mass is 15.1. The Morgan fingerprint density at radius 2 is 1.82 bits per heavy atom. The van der Waals surface area contributed by atoms with Crippen molar-refractivity contribution in [1.29, 1.82) is 0 Å². The molecule has 1 aliphatic rings. The maximum atomic E-state index is 4.53. The normalized spacial score (nSPS) is 27.9. The first-order valence-electron chi connectivity index (χ1n) is 9.19. The second kappa shape index (κ2) is 8.50. The van der Waals surface area contributed by atoms with Crippen LogP contribution in [0.5, 0.6) is 0 Å². The second-order valence-corrected chi connectivity index (χ2v) is 7.33. The van der Waals surface area contributed by atoms with E-state index in [1.165, 1.54) is 64.2 Å². The second-order valence-electron chi connectivity index (χ2n) is 7.33. The SMILES string of the molecule is CCC1CCCCCC(C)(Nc2nccc(C)n2)CCCC1. The Labute approximate surface area is 136 Å². The third kappa shape index (κ3) is 5.58. The van der Waals surface area contributed by atoms with Crippen molar-refractivity contribution in [3.63, 3.8) is 0 Å². The van der Waals surface area contributed by atoms with Crippen molar-refractivity contribution < 1.29 is 0 Å². The largest absolute Gasteiger partial charge is 0.349 e. The number of aryl methyl sites for hydroxylation is 1. The lowest BCUT2D eigenvalue weighted by molar-refractivity contribution is 0.390. The maximum Gasteiger partial charge on any atom is 0.223 e. The number of nitrogens with zero attached hydrogens (tertiary/aromatic N) is 2. The fourth-order valence-electron chi connectivity index (χ4n) is 3.65. The number of aromatic nitrogens is 2. The summed E-state index contributed by atoms with van der Waals surface area (Å²) in [4.78, 5) is 8.93. The van der Waals surface area contributed by atoms with E-state index < -0.39 is 0 Å².